The van der Waals surface area contributed by atoms with E-state index in [4.69, 9.17) is 14.6 Å². The summed E-state index contributed by atoms with van der Waals surface area (Å²) < 4.78 is 47.5. The third kappa shape index (κ3) is 4.85. The lowest BCUT2D eigenvalue weighted by molar-refractivity contribution is -0.203. The molecule has 0 aromatic carbocycles. The quantitative estimate of drug-likeness (QED) is 0.630. The van der Waals surface area contributed by atoms with Crippen molar-refractivity contribution in [1.29, 1.82) is 0 Å². The van der Waals surface area contributed by atoms with Gasteiger partial charge in [0.05, 0.1) is 12.7 Å². The van der Waals surface area contributed by atoms with Crippen molar-refractivity contribution in [2.24, 2.45) is 0 Å². The van der Waals surface area contributed by atoms with Crippen molar-refractivity contribution in [1.82, 2.24) is 10.6 Å². The van der Waals surface area contributed by atoms with Gasteiger partial charge in [0.2, 0.25) is 5.54 Å². The van der Waals surface area contributed by atoms with Gasteiger partial charge < -0.3 is 25.2 Å². The first-order valence-corrected chi connectivity index (χ1v) is 5.46. The van der Waals surface area contributed by atoms with Crippen LogP contribution in [0.2, 0.25) is 0 Å². The van der Waals surface area contributed by atoms with Gasteiger partial charge in [-0.3, -0.25) is 0 Å². The van der Waals surface area contributed by atoms with Crippen LogP contribution in [-0.4, -0.2) is 62.3 Å². The molecule has 0 aliphatic rings. The summed E-state index contributed by atoms with van der Waals surface area (Å²) in [5.74, 6) is -2.21. The Morgan fingerprint density at radius 2 is 1.85 bits per heavy atom. The second-order valence-electron chi connectivity index (χ2n) is 4.08. The first kappa shape index (κ1) is 18.4. The molecule has 2 unspecified atom stereocenters. The molecule has 0 rings (SSSR count). The SMILES string of the molecule is COCC(CNC(=O)NC(C)(C(=O)O)C(F)(F)F)OC. The smallest absolute Gasteiger partial charge is 0.422 e. The van der Waals surface area contributed by atoms with Gasteiger partial charge in [0.1, 0.15) is 0 Å². The molecule has 0 saturated heterocycles. The zero-order chi connectivity index (χ0) is 16.0. The fraction of sp³-hybridized carbons (Fsp3) is 0.800. The number of halogens is 3. The van der Waals surface area contributed by atoms with E-state index < -0.39 is 29.8 Å². The van der Waals surface area contributed by atoms with Crippen LogP contribution in [0, 0.1) is 0 Å². The van der Waals surface area contributed by atoms with E-state index in [1.54, 1.807) is 0 Å². The maximum Gasteiger partial charge on any atom is 0.422 e. The van der Waals surface area contributed by atoms with Crippen LogP contribution < -0.4 is 10.6 Å². The van der Waals surface area contributed by atoms with E-state index in [9.17, 15) is 22.8 Å². The Kier molecular flexibility index (Phi) is 6.73. The topological polar surface area (TPSA) is 96.9 Å². The second kappa shape index (κ2) is 7.29. The third-order valence-corrected chi connectivity index (χ3v) is 2.53. The maximum atomic E-state index is 12.6. The highest BCUT2D eigenvalue weighted by atomic mass is 19.4. The fourth-order valence-corrected chi connectivity index (χ4v) is 1.12. The molecule has 2 amide bonds. The van der Waals surface area contributed by atoms with Crippen molar-refractivity contribution in [2.45, 2.75) is 24.7 Å². The highest BCUT2D eigenvalue weighted by Crippen LogP contribution is 2.30. The Balaban J connectivity index is 4.61. The van der Waals surface area contributed by atoms with Crippen LogP contribution in [0.5, 0.6) is 0 Å². The van der Waals surface area contributed by atoms with Crippen LogP contribution in [0.1, 0.15) is 6.92 Å². The number of amides is 2. The molecule has 7 nitrogen and oxygen atoms in total. The summed E-state index contributed by atoms with van der Waals surface area (Å²) >= 11 is 0. The van der Waals surface area contributed by atoms with E-state index in [0.29, 0.717) is 6.92 Å². The molecule has 3 N–H and O–H groups in total. The lowest BCUT2D eigenvalue weighted by Gasteiger charge is -2.28. The summed E-state index contributed by atoms with van der Waals surface area (Å²) in [5.41, 5.74) is -3.37. The molecule has 0 aliphatic heterocycles. The van der Waals surface area contributed by atoms with Crippen molar-refractivity contribution in [3.8, 4) is 0 Å². The molecule has 0 spiro atoms. The van der Waals surface area contributed by atoms with E-state index in [1.807, 2.05) is 0 Å². The standard InChI is InChI=1S/C10H17F3N2O5/c1-9(7(16)17,10(11,12)13)15-8(18)14-4-6(20-3)5-19-2/h6H,4-5H2,1-3H3,(H,16,17)(H2,14,15,18). The van der Waals surface area contributed by atoms with Gasteiger partial charge in [-0.1, -0.05) is 0 Å². The highest BCUT2D eigenvalue weighted by molar-refractivity contribution is 5.86. The number of carboxylic acids is 1. The second-order valence-corrected chi connectivity index (χ2v) is 4.08. The van der Waals surface area contributed by atoms with Crippen LogP contribution in [0.4, 0.5) is 18.0 Å². The van der Waals surface area contributed by atoms with Gasteiger partial charge in [-0.25, -0.2) is 9.59 Å². The van der Waals surface area contributed by atoms with Crippen molar-refractivity contribution in [3.05, 3.63) is 0 Å². The lowest BCUT2D eigenvalue weighted by Crippen LogP contribution is -2.64. The minimum absolute atomic E-state index is 0.117. The number of hydrogen-bond donors (Lipinski definition) is 3. The number of nitrogens with one attached hydrogen (secondary N) is 2. The van der Waals surface area contributed by atoms with Gasteiger partial charge in [0.15, 0.2) is 0 Å². The summed E-state index contributed by atoms with van der Waals surface area (Å²) in [4.78, 5) is 22.0. The predicted octanol–water partition coefficient (Wildman–Crippen LogP) is 0.353. The largest absolute Gasteiger partial charge is 0.479 e. The highest BCUT2D eigenvalue weighted by Gasteiger charge is 2.58. The molecule has 0 aromatic rings. The number of carbonyl (C=O) groups is 2. The molecule has 0 radical (unpaired) electrons. The molecule has 118 valence electrons. The maximum absolute atomic E-state index is 12.6. The number of urea groups is 1. The zero-order valence-electron chi connectivity index (χ0n) is 11.2. The first-order chi connectivity index (χ1) is 9.08. The molecule has 10 heteroatoms. The van der Waals surface area contributed by atoms with Crippen molar-refractivity contribution in [3.63, 3.8) is 0 Å². The Morgan fingerprint density at radius 3 is 2.20 bits per heavy atom. The lowest BCUT2D eigenvalue weighted by atomic mass is 10.0. The summed E-state index contributed by atoms with van der Waals surface area (Å²) in [5, 5.41) is 12.1. The minimum atomic E-state index is -5.14. The molecule has 0 fully saturated rings. The number of methoxy groups -OCH3 is 2. The Labute approximate surface area is 113 Å². The van der Waals surface area contributed by atoms with Gasteiger partial charge in [0.25, 0.3) is 0 Å². The summed E-state index contributed by atoms with van der Waals surface area (Å²) in [6.07, 6.45) is -5.70. The average Bonchev–Trinajstić information content (AvgIpc) is 2.32. The molecule has 0 bridgehead atoms. The van der Waals surface area contributed by atoms with E-state index in [-0.39, 0.29) is 13.2 Å². The number of rotatable bonds is 7. The summed E-state index contributed by atoms with van der Waals surface area (Å²) in [6, 6.07) is -1.27. The summed E-state index contributed by atoms with van der Waals surface area (Å²) in [6.45, 7) is 0.341. The van der Waals surface area contributed by atoms with Crippen LogP contribution in [0.15, 0.2) is 0 Å². The van der Waals surface area contributed by atoms with E-state index in [1.165, 1.54) is 19.5 Å². The van der Waals surface area contributed by atoms with Crippen molar-refractivity contribution < 1.29 is 37.3 Å². The predicted molar refractivity (Wildman–Crippen MR) is 61.3 cm³/mol. The molecular formula is C10H17F3N2O5. The van der Waals surface area contributed by atoms with Gasteiger partial charge in [-0.2, -0.15) is 13.2 Å². The number of hydrogen-bond acceptors (Lipinski definition) is 4. The molecule has 0 heterocycles. The molecule has 0 saturated carbocycles. The van der Waals surface area contributed by atoms with E-state index in [2.05, 4.69) is 5.32 Å². The molecular weight excluding hydrogens is 285 g/mol. The minimum Gasteiger partial charge on any atom is -0.479 e. The number of alkyl halides is 3. The van der Waals surface area contributed by atoms with Crippen LogP contribution >= 0.6 is 0 Å². The Bertz CT molecular complexity index is 350. The van der Waals surface area contributed by atoms with Gasteiger partial charge in [0, 0.05) is 20.8 Å². The molecule has 20 heavy (non-hydrogen) atoms. The zero-order valence-corrected chi connectivity index (χ0v) is 11.2. The van der Waals surface area contributed by atoms with Crippen molar-refractivity contribution >= 4 is 12.0 Å². The Morgan fingerprint density at radius 1 is 1.30 bits per heavy atom. The van der Waals surface area contributed by atoms with Gasteiger partial charge in [-0.05, 0) is 6.92 Å². The number of carbonyl (C=O) groups excluding carboxylic acids is 1. The average molecular weight is 302 g/mol. The van der Waals surface area contributed by atoms with Gasteiger partial charge in [-0.15, -0.1) is 0 Å². The van der Waals surface area contributed by atoms with Crippen LogP contribution in [0.25, 0.3) is 0 Å². The fourth-order valence-electron chi connectivity index (χ4n) is 1.12. The van der Waals surface area contributed by atoms with Gasteiger partial charge >= 0.3 is 18.2 Å². The Hall–Kier alpha value is -1.55. The van der Waals surface area contributed by atoms with Crippen LogP contribution in [-0.2, 0) is 14.3 Å². The normalized spacial score (nSPS) is 16.1. The molecule has 2 atom stereocenters. The number of ether oxygens (including phenoxy) is 2. The number of aliphatic carboxylic acids is 1. The van der Waals surface area contributed by atoms with Crippen molar-refractivity contribution in [2.75, 3.05) is 27.4 Å². The van der Waals surface area contributed by atoms with E-state index >= 15 is 0 Å². The molecule has 0 aliphatic carbocycles. The third-order valence-electron chi connectivity index (χ3n) is 2.53. The summed E-state index contributed by atoms with van der Waals surface area (Å²) in [7, 11) is 2.72. The first-order valence-electron chi connectivity index (χ1n) is 5.46. The van der Waals surface area contributed by atoms with Crippen LogP contribution in [0.3, 0.4) is 0 Å². The molecule has 0 aromatic heterocycles. The number of carboxylic acid groups (broad SMARTS) is 1. The van der Waals surface area contributed by atoms with E-state index in [0.717, 1.165) is 0 Å². The monoisotopic (exact) mass is 302 g/mol.